The van der Waals surface area contributed by atoms with Gasteiger partial charge in [-0.3, -0.25) is 0 Å². The number of anilines is 1. The van der Waals surface area contributed by atoms with Gasteiger partial charge in [0.05, 0.1) is 6.04 Å². The first kappa shape index (κ1) is 19.8. The number of carbonyl (C=O) groups excluding carboxylic acids is 1. The van der Waals surface area contributed by atoms with Gasteiger partial charge in [-0.2, -0.15) is 0 Å². The minimum atomic E-state index is -0.488. The Morgan fingerprint density at radius 3 is 2.72 bits per heavy atom. The quantitative estimate of drug-likeness (QED) is 0.737. The van der Waals surface area contributed by atoms with Gasteiger partial charge in [0.15, 0.2) is 0 Å². The van der Waals surface area contributed by atoms with Crippen LogP contribution in [0.5, 0.6) is 0 Å². The number of rotatable bonds is 5. The van der Waals surface area contributed by atoms with Crippen LogP contribution >= 0.6 is 11.6 Å². The molecule has 1 aromatic rings. The van der Waals surface area contributed by atoms with Crippen molar-refractivity contribution in [1.82, 2.24) is 14.9 Å². The second-order valence-corrected chi connectivity index (χ2v) is 7.73. The zero-order valence-electron chi connectivity index (χ0n) is 15.9. The Morgan fingerprint density at radius 2 is 2.12 bits per heavy atom. The highest BCUT2D eigenvalue weighted by Crippen LogP contribution is 2.24. The maximum atomic E-state index is 12.5. The molecule has 1 saturated heterocycles. The largest absolute Gasteiger partial charge is 0.444 e. The molecule has 1 atom stereocenters. The van der Waals surface area contributed by atoms with E-state index in [2.05, 4.69) is 21.8 Å². The molecule has 7 heteroatoms. The zero-order valence-corrected chi connectivity index (χ0v) is 16.6. The summed E-state index contributed by atoms with van der Waals surface area (Å²) < 4.78 is 5.54. The summed E-state index contributed by atoms with van der Waals surface area (Å²) in [5, 5.41) is 0.281. The number of amides is 1. The Labute approximate surface area is 155 Å². The van der Waals surface area contributed by atoms with Crippen LogP contribution in [-0.2, 0) is 11.2 Å². The summed E-state index contributed by atoms with van der Waals surface area (Å²) in [6.45, 7) is 11.9. The van der Waals surface area contributed by atoms with E-state index in [1.807, 2.05) is 33.8 Å². The minimum Gasteiger partial charge on any atom is -0.444 e. The molecule has 1 amide bonds. The third-order valence-electron chi connectivity index (χ3n) is 4.14. The standard InChI is InChI=1S/C18H29ClN4O2/c1-6-8-13-11-15(21-16(19)20-13)22-10-9-14(12-22)23(7-2)17(24)25-18(3,4)5/h11,14H,6-10,12H2,1-5H3/t14-/m0/s1. The van der Waals surface area contributed by atoms with Crippen LogP contribution in [0.2, 0.25) is 5.28 Å². The molecular formula is C18H29ClN4O2. The number of aryl methyl sites for hydroxylation is 1. The van der Waals surface area contributed by atoms with Crippen LogP contribution in [0.1, 0.15) is 53.2 Å². The van der Waals surface area contributed by atoms with E-state index in [0.29, 0.717) is 6.54 Å². The van der Waals surface area contributed by atoms with Gasteiger partial charge >= 0.3 is 6.09 Å². The topological polar surface area (TPSA) is 58.6 Å². The lowest BCUT2D eigenvalue weighted by Gasteiger charge is -2.30. The lowest BCUT2D eigenvalue weighted by molar-refractivity contribution is 0.0191. The zero-order chi connectivity index (χ0) is 18.6. The molecule has 0 N–H and O–H groups in total. The van der Waals surface area contributed by atoms with E-state index in [-0.39, 0.29) is 17.4 Å². The maximum Gasteiger partial charge on any atom is 0.410 e. The molecular weight excluding hydrogens is 340 g/mol. The Kier molecular flexibility index (Phi) is 6.49. The summed E-state index contributed by atoms with van der Waals surface area (Å²) in [5.74, 6) is 0.839. The number of likely N-dealkylation sites (N-methyl/N-ethyl adjacent to an activating group) is 1. The fourth-order valence-corrected chi connectivity index (χ4v) is 3.25. The van der Waals surface area contributed by atoms with Gasteiger partial charge in [-0.25, -0.2) is 14.8 Å². The van der Waals surface area contributed by atoms with Crippen molar-refractivity contribution < 1.29 is 9.53 Å². The average Bonchev–Trinajstić information content (AvgIpc) is 2.95. The molecule has 0 spiro atoms. The molecule has 2 heterocycles. The van der Waals surface area contributed by atoms with Gasteiger partial charge in [-0.05, 0) is 52.1 Å². The van der Waals surface area contributed by atoms with Crippen molar-refractivity contribution in [3.63, 3.8) is 0 Å². The van der Waals surface area contributed by atoms with Gasteiger partial charge < -0.3 is 14.5 Å². The first-order valence-electron chi connectivity index (χ1n) is 9.01. The van der Waals surface area contributed by atoms with Crippen molar-refractivity contribution >= 4 is 23.5 Å². The van der Waals surface area contributed by atoms with E-state index in [9.17, 15) is 4.79 Å². The van der Waals surface area contributed by atoms with Crippen LogP contribution in [0, 0.1) is 0 Å². The number of ether oxygens (including phenoxy) is 1. The summed E-state index contributed by atoms with van der Waals surface area (Å²) >= 11 is 6.08. The average molecular weight is 369 g/mol. The summed E-state index contributed by atoms with van der Waals surface area (Å²) in [7, 11) is 0. The molecule has 2 rings (SSSR count). The smallest absolute Gasteiger partial charge is 0.410 e. The molecule has 0 unspecified atom stereocenters. The minimum absolute atomic E-state index is 0.114. The normalized spacial score (nSPS) is 17.7. The van der Waals surface area contributed by atoms with Crippen LogP contribution in [0.3, 0.4) is 0 Å². The highest BCUT2D eigenvalue weighted by atomic mass is 35.5. The molecule has 0 saturated carbocycles. The van der Waals surface area contributed by atoms with Crippen molar-refractivity contribution in [2.75, 3.05) is 24.5 Å². The summed E-state index contributed by atoms with van der Waals surface area (Å²) in [6.07, 6.45) is 2.52. The lowest BCUT2D eigenvalue weighted by Crippen LogP contribution is -2.44. The molecule has 1 aliphatic heterocycles. The molecule has 0 aromatic carbocycles. The second kappa shape index (κ2) is 8.21. The summed E-state index contributed by atoms with van der Waals surface area (Å²) in [6, 6.07) is 2.12. The fraction of sp³-hybridized carbons (Fsp3) is 0.722. The number of halogens is 1. The fourth-order valence-electron chi connectivity index (χ4n) is 3.06. The molecule has 0 radical (unpaired) electrons. The van der Waals surface area contributed by atoms with Gasteiger partial charge in [0, 0.05) is 31.4 Å². The van der Waals surface area contributed by atoms with Crippen LogP contribution in [-0.4, -0.2) is 52.2 Å². The SMILES string of the molecule is CCCc1cc(N2CC[C@H](N(CC)C(=O)OC(C)(C)C)C2)nc(Cl)n1. The third-order valence-corrected chi connectivity index (χ3v) is 4.31. The van der Waals surface area contributed by atoms with Crippen molar-refractivity contribution in [2.24, 2.45) is 0 Å². The molecule has 6 nitrogen and oxygen atoms in total. The van der Waals surface area contributed by atoms with E-state index in [1.165, 1.54) is 0 Å². The number of hydrogen-bond acceptors (Lipinski definition) is 5. The third kappa shape index (κ3) is 5.46. The molecule has 25 heavy (non-hydrogen) atoms. The maximum absolute atomic E-state index is 12.5. The molecule has 0 aliphatic carbocycles. The molecule has 0 bridgehead atoms. The van der Waals surface area contributed by atoms with Gasteiger partial charge in [0.1, 0.15) is 11.4 Å². The molecule has 1 aromatic heterocycles. The van der Waals surface area contributed by atoms with Crippen LogP contribution in [0.25, 0.3) is 0 Å². The lowest BCUT2D eigenvalue weighted by atomic mass is 10.2. The van der Waals surface area contributed by atoms with E-state index < -0.39 is 5.60 Å². The second-order valence-electron chi connectivity index (χ2n) is 7.39. The van der Waals surface area contributed by atoms with Crippen molar-refractivity contribution in [1.29, 1.82) is 0 Å². The van der Waals surface area contributed by atoms with E-state index in [4.69, 9.17) is 16.3 Å². The Hall–Kier alpha value is -1.56. The number of carbonyl (C=O) groups is 1. The predicted octanol–water partition coefficient (Wildman–Crippen LogP) is 3.92. The molecule has 1 fully saturated rings. The van der Waals surface area contributed by atoms with Gasteiger partial charge in [-0.15, -0.1) is 0 Å². The van der Waals surface area contributed by atoms with Crippen molar-refractivity contribution in [2.45, 2.75) is 65.5 Å². The summed E-state index contributed by atoms with van der Waals surface area (Å²) in [5.41, 5.74) is 0.471. The van der Waals surface area contributed by atoms with E-state index >= 15 is 0 Å². The number of nitrogens with zero attached hydrogens (tertiary/aromatic N) is 4. The molecule has 1 aliphatic rings. The van der Waals surface area contributed by atoms with E-state index in [0.717, 1.165) is 43.9 Å². The van der Waals surface area contributed by atoms with E-state index in [1.54, 1.807) is 4.90 Å². The summed E-state index contributed by atoms with van der Waals surface area (Å²) in [4.78, 5) is 25.1. The number of hydrogen-bond donors (Lipinski definition) is 0. The first-order valence-corrected chi connectivity index (χ1v) is 9.39. The Morgan fingerprint density at radius 1 is 1.40 bits per heavy atom. The van der Waals surface area contributed by atoms with Crippen LogP contribution < -0.4 is 4.90 Å². The van der Waals surface area contributed by atoms with Gasteiger partial charge in [-0.1, -0.05) is 13.3 Å². The van der Waals surface area contributed by atoms with Crippen LogP contribution in [0.4, 0.5) is 10.6 Å². The first-order chi connectivity index (χ1) is 11.7. The monoisotopic (exact) mass is 368 g/mol. The van der Waals surface area contributed by atoms with Crippen LogP contribution in [0.15, 0.2) is 6.07 Å². The highest BCUT2D eigenvalue weighted by molar-refractivity contribution is 6.28. The Bertz CT molecular complexity index is 603. The van der Waals surface area contributed by atoms with Crippen molar-refractivity contribution in [3.05, 3.63) is 17.0 Å². The number of aromatic nitrogens is 2. The predicted molar refractivity (Wildman–Crippen MR) is 100 cm³/mol. The Balaban J connectivity index is 2.08. The highest BCUT2D eigenvalue weighted by Gasteiger charge is 2.33. The van der Waals surface area contributed by atoms with Gasteiger partial charge in [0.25, 0.3) is 0 Å². The molecule has 140 valence electrons. The van der Waals surface area contributed by atoms with Crippen molar-refractivity contribution in [3.8, 4) is 0 Å². The van der Waals surface area contributed by atoms with Gasteiger partial charge in [0.2, 0.25) is 5.28 Å².